The number of rotatable bonds is 26. The van der Waals surface area contributed by atoms with Crippen LogP contribution in [0.4, 0.5) is 0 Å². The van der Waals surface area contributed by atoms with Gasteiger partial charge in [-0.25, -0.2) is 9.59 Å². The molecule has 2 aliphatic rings. The number of benzene rings is 4. The van der Waals surface area contributed by atoms with Crippen LogP contribution in [0, 0.1) is 0 Å². The topological polar surface area (TPSA) is 218 Å². The van der Waals surface area contributed by atoms with Crippen molar-refractivity contribution in [1.29, 1.82) is 0 Å². The number of fused-ring (bicyclic) bond motifs is 2. The molecule has 5 N–H and O–H groups in total. The maximum atomic E-state index is 13.0. The van der Waals surface area contributed by atoms with Gasteiger partial charge in [-0.3, -0.25) is 0 Å². The molecule has 0 aliphatic carbocycles. The van der Waals surface area contributed by atoms with Crippen molar-refractivity contribution in [2.45, 2.75) is 83.6 Å². The zero-order valence-electron chi connectivity index (χ0n) is 44.4. The van der Waals surface area contributed by atoms with E-state index >= 15 is 0 Å². The highest BCUT2D eigenvalue weighted by Crippen LogP contribution is 2.51. The third-order valence-electron chi connectivity index (χ3n) is 15.1. The third-order valence-corrected chi connectivity index (χ3v) is 15.1. The largest absolute Gasteiger partial charge is 0.496 e. The number of ether oxygens (including phenoxy) is 9. The van der Waals surface area contributed by atoms with Gasteiger partial charge in [-0.2, -0.15) is 0 Å². The second-order valence-electron chi connectivity index (χ2n) is 19.2. The Bertz CT molecular complexity index is 2410. The van der Waals surface area contributed by atoms with E-state index in [0.29, 0.717) is 129 Å². The SMILES string of the molecule is COc1cc(CC2c3c(cc(CO)c(CO)c3OC)CC[N+]2(C)CCCOC(=O)C=CC(=O)OCCC[N+]2(C)CCc3cc(OC)c(OC)c(OC)c3C2Cc2cc(CO)c(OC)c(OC)c2)cc(CO)c1CO. The average molecular weight is 1030 g/mol. The number of carbonyl (C=O) groups is 2. The fourth-order valence-corrected chi connectivity index (χ4v) is 11.2. The fraction of sp³-hybridized carbons (Fsp3) is 0.500. The van der Waals surface area contributed by atoms with Crippen LogP contribution < -0.4 is 33.2 Å². The van der Waals surface area contributed by atoms with Gasteiger partial charge in [0.2, 0.25) is 5.75 Å². The number of aliphatic hydroxyl groups is 5. The molecule has 0 amide bonds. The van der Waals surface area contributed by atoms with Gasteiger partial charge in [0, 0.05) is 67.4 Å². The van der Waals surface area contributed by atoms with Crippen LogP contribution in [0.5, 0.6) is 40.2 Å². The van der Waals surface area contributed by atoms with Crippen LogP contribution in [-0.4, -0.2) is 150 Å². The number of hydrogen-bond donors (Lipinski definition) is 5. The van der Waals surface area contributed by atoms with E-state index < -0.39 is 11.9 Å². The number of methoxy groups -OCH3 is 7. The molecule has 0 aromatic heterocycles. The Balaban J connectivity index is 1.11. The van der Waals surface area contributed by atoms with E-state index in [1.54, 1.807) is 35.5 Å². The van der Waals surface area contributed by atoms with Crippen molar-refractivity contribution in [2.24, 2.45) is 0 Å². The molecule has 0 fully saturated rings. The molecule has 18 nitrogen and oxygen atoms in total. The van der Waals surface area contributed by atoms with Gasteiger partial charge in [0.1, 0.15) is 23.6 Å². The summed E-state index contributed by atoms with van der Waals surface area (Å²) in [7, 11) is 15.2. The molecule has 0 spiro atoms. The van der Waals surface area contributed by atoms with Gasteiger partial charge in [0.25, 0.3) is 0 Å². The van der Waals surface area contributed by atoms with Crippen molar-refractivity contribution >= 4 is 11.9 Å². The standard InChI is InChI=1S/C56H76N2O16/c1-57(18-14-37-28-40(31-60)43(34-63)54(70-7)51(37)44(57)24-35-22-39(30-59)42(33-62)46(26-35)66-3)16-10-20-73-49(64)12-13-50(65)74-21-11-17-58(2)19-15-38-29-48(68-5)55(71-8)56(72-9)52(38)45(58)25-36-23-41(32-61)53(69-6)47(27-36)67-4/h12-13,22-23,26-29,44-45,59-63H,10-11,14-21,24-25,30-34H2,1-9H3/q+2. The Morgan fingerprint density at radius 2 is 0.932 bits per heavy atom. The molecule has 0 saturated carbocycles. The maximum Gasteiger partial charge on any atom is 0.331 e. The Hall–Kier alpha value is -6.12. The van der Waals surface area contributed by atoms with Crippen molar-refractivity contribution in [3.05, 3.63) is 110 Å². The summed E-state index contributed by atoms with van der Waals surface area (Å²) in [6, 6.07) is 11.1. The Morgan fingerprint density at radius 1 is 0.500 bits per heavy atom. The van der Waals surface area contributed by atoms with Crippen molar-refractivity contribution in [2.75, 3.05) is 103 Å². The summed E-state index contributed by atoms with van der Waals surface area (Å²) in [6.45, 7) is 1.42. The quantitative estimate of drug-likeness (QED) is 0.0245. The van der Waals surface area contributed by atoms with Crippen LogP contribution in [0.3, 0.4) is 0 Å². The minimum Gasteiger partial charge on any atom is -0.496 e. The molecule has 2 aliphatic heterocycles. The van der Waals surface area contributed by atoms with Crippen molar-refractivity contribution in [3.63, 3.8) is 0 Å². The van der Waals surface area contributed by atoms with Crippen molar-refractivity contribution in [3.8, 4) is 40.2 Å². The molecule has 0 saturated heterocycles. The van der Waals surface area contributed by atoms with Gasteiger partial charge in [-0.1, -0.05) is 12.1 Å². The molecular formula is C56H76N2O16+2. The Morgan fingerprint density at radius 3 is 1.39 bits per heavy atom. The number of aliphatic hydroxyl groups excluding tert-OH is 5. The highest BCUT2D eigenvalue weighted by molar-refractivity contribution is 5.91. The summed E-state index contributed by atoms with van der Waals surface area (Å²) < 4.78 is 52.7. The van der Waals surface area contributed by atoms with E-state index in [1.165, 1.54) is 14.2 Å². The van der Waals surface area contributed by atoms with E-state index in [0.717, 1.165) is 58.5 Å². The lowest BCUT2D eigenvalue weighted by Gasteiger charge is -2.46. The van der Waals surface area contributed by atoms with Crippen molar-refractivity contribution < 1.29 is 86.7 Å². The van der Waals surface area contributed by atoms with E-state index in [4.69, 9.17) is 42.6 Å². The first-order valence-corrected chi connectivity index (χ1v) is 24.9. The molecule has 6 rings (SSSR count). The smallest absolute Gasteiger partial charge is 0.331 e. The van der Waals surface area contributed by atoms with Crippen LogP contribution in [0.25, 0.3) is 0 Å². The normalized spacial score (nSPS) is 19.1. The van der Waals surface area contributed by atoms with Crippen LogP contribution in [0.2, 0.25) is 0 Å². The zero-order valence-corrected chi connectivity index (χ0v) is 44.4. The summed E-state index contributed by atoms with van der Waals surface area (Å²) in [5.74, 6) is 2.23. The van der Waals surface area contributed by atoms with Crippen LogP contribution >= 0.6 is 0 Å². The predicted molar refractivity (Wildman–Crippen MR) is 274 cm³/mol. The number of nitrogens with zero attached hydrogens (tertiary/aromatic N) is 2. The minimum atomic E-state index is -0.683. The first kappa shape index (κ1) is 57.2. The highest BCUT2D eigenvalue weighted by atomic mass is 16.5. The third kappa shape index (κ3) is 12.2. The number of carbonyl (C=O) groups excluding carboxylic acids is 2. The fourth-order valence-electron chi connectivity index (χ4n) is 11.2. The summed E-state index contributed by atoms with van der Waals surface area (Å²) >= 11 is 0. The molecule has 404 valence electrons. The zero-order chi connectivity index (χ0) is 53.7. The lowest BCUT2D eigenvalue weighted by atomic mass is 9.82. The Kier molecular flexibility index (Phi) is 20.0. The number of quaternary nitrogens is 2. The first-order valence-electron chi connectivity index (χ1n) is 24.9. The molecule has 74 heavy (non-hydrogen) atoms. The number of likely N-dealkylation sites (N-methyl/N-ethyl adjacent to an activating group) is 2. The highest BCUT2D eigenvalue weighted by Gasteiger charge is 2.44. The van der Waals surface area contributed by atoms with Gasteiger partial charge < -0.3 is 77.1 Å². The summed E-state index contributed by atoms with van der Waals surface area (Å²) in [5, 5.41) is 51.3. The lowest BCUT2D eigenvalue weighted by molar-refractivity contribution is -0.941. The molecule has 4 aromatic carbocycles. The van der Waals surface area contributed by atoms with Gasteiger partial charge >= 0.3 is 11.9 Å². The monoisotopic (exact) mass is 1030 g/mol. The number of esters is 2. The van der Waals surface area contributed by atoms with Gasteiger partial charge in [-0.05, 0) is 57.6 Å². The minimum absolute atomic E-state index is 0.0800. The molecule has 2 heterocycles. The summed E-state index contributed by atoms with van der Waals surface area (Å²) in [6.07, 6.45) is 5.53. The number of hydrogen-bond acceptors (Lipinski definition) is 16. The molecule has 0 radical (unpaired) electrons. The van der Waals surface area contributed by atoms with E-state index in [9.17, 15) is 35.1 Å². The molecule has 4 atom stereocenters. The molecular weight excluding hydrogens is 957 g/mol. The predicted octanol–water partition coefficient (Wildman–Crippen LogP) is 4.90. The molecule has 18 heteroatoms. The molecule has 4 aromatic rings. The molecule has 0 bridgehead atoms. The van der Waals surface area contributed by atoms with E-state index in [-0.39, 0.29) is 58.3 Å². The summed E-state index contributed by atoms with van der Waals surface area (Å²) in [5.41, 5.74) is 8.50. The Labute approximate surface area is 434 Å². The second kappa shape index (κ2) is 25.9. The average Bonchev–Trinajstić information content (AvgIpc) is 3.42. The van der Waals surface area contributed by atoms with Crippen molar-refractivity contribution in [1.82, 2.24) is 0 Å². The van der Waals surface area contributed by atoms with Gasteiger partial charge in [0.05, 0.1) is 147 Å². The van der Waals surface area contributed by atoms with Gasteiger partial charge in [0.15, 0.2) is 23.0 Å². The lowest BCUT2D eigenvalue weighted by Crippen LogP contribution is -2.53. The first-order chi connectivity index (χ1) is 35.7. The van der Waals surface area contributed by atoms with Gasteiger partial charge in [-0.15, -0.1) is 0 Å². The van der Waals surface area contributed by atoms with Crippen LogP contribution in [0.1, 0.15) is 86.1 Å². The van der Waals surface area contributed by atoms with Crippen LogP contribution in [-0.2, 0) is 77.8 Å². The van der Waals surface area contributed by atoms with E-state index in [2.05, 4.69) is 14.1 Å². The van der Waals surface area contributed by atoms with Crippen LogP contribution in [0.15, 0.2) is 48.6 Å². The second-order valence-corrected chi connectivity index (χ2v) is 19.2. The van der Waals surface area contributed by atoms with E-state index in [1.807, 2.05) is 36.4 Å². The maximum absolute atomic E-state index is 13.0. The molecule has 4 unspecified atom stereocenters. The summed E-state index contributed by atoms with van der Waals surface area (Å²) in [4.78, 5) is 25.9.